The van der Waals surface area contributed by atoms with Crippen molar-refractivity contribution in [3.63, 3.8) is 0 Å². The molecule has 0 bridgehead atoms. The maximum atomic E-state index is 13.1. The first-order valence-corrected chi connectivity index (χ1v) is 7.29. The van der Waals surface area contributed by atoms with Gasteiger partial charge in [-0.2, -0.15) is 0 Å². The van der Waals surface area contributed by atoms with E-state index >= 15 is 0 Å². The minimum Gasteiger partial charge on any atom is -0.343 e. The highest BCUT2D eigenvalue weighted by atomic mass is 19.1. The van der Waals surface area contributed by atoms with Crippen LogP contribution in [-0.4, -0.2) is 30.3 Å². The molecule has 1 N–H and O–H groups in total. The average molecular weight is 314 g/mol. The molecule has 2 rings (SSSR count). The van der Waals surface area contributed by atoms with Gasteiger partial charge >= 0.3 is 0 Å². The molecule has 0 radical (unpaired) electrons. The summed E-state index contributed by atoms with van der Waals surface area (Å²) in [6, 6.07) is 13.2. The van der Waals surface area contributed by atoms with Crippen LogP contribution in [0.4, 0.5) is 4.39 Å². The number of hydrogen-bond acceptors (Lipinski definition) is 2. The fourth-order valence-electron chi connectivity index (χ4n) is 2.15. The van der Waals surface area contributed by atoms with Gasteiger partial charge in [0.1, 0.15) is 5.82 Å². The Morgan fingerprint density at radius 3 is 2.57 bits per heavy atom. The van der Waals surface area contributed by atoms with E-state index in [0.717, 1.165) is 17.2 Å². The molecule has 23 heavy (non-hydrogen) atoms. The van der Waals surface area contributed by atoms with Crippen molar-refractivity contribution in [3.05, 3.63) is 71.0 Å². The first-order chi connectivity index (χ1) is 11.0. The summed E-state index contributed by atoms with van der Waals surface area (Å²) < 4.78 is 13.1. The Morgan fingerprint density at radius 2 is 1.87 bits per heavy atom. The van der Waals surface area contributed by atoms with Crippen molar-refractivity contribution in [2.45, 2.75) is 13.5 Å². The van der Waals surface area contributed by atoms with Gasteiger partial charge in [-0.25, -0.2) is 4.39 Å². The molecule has 0 unspecified atom stereocenters. The van der Waals surface area contributed by atoms with Gasteiger partial charge in [0.15, 0.2) is 0 Å². The summed E-state index contributed by atoms with van der Waals surface area (Å²) in [5.41, 5.74) is 2.36. The molecule has 0 aliphatic heterocycles. The highest BCUT2D eigenvalue weighted by Gasteiger charge is 2.13. The van der Waals surface area contributed by atoms with Crippen LogP contribution in [0.5, 0.6) is 0 Å². The Bertz CT molecular complexity index is 716. The maximum absolute atomic E-state index is 13.1. The van der Waals surface area contributed by atoms with Gasteiger partial charge in [-0.15, -0.1) is 0 Å². The van der Waals surface area contributed by atoms with E-state index in [2.05, 4.69) is 5.32 Å². The maximum Gasteiger partial charge on any atom is 0.251 e. The van der Waals surface area contributed by atoms with E-state index in [-0.39, 0.29) is 18.0 Å². The molecule has 0 aliphatic carbocycles. The molecule has 2 aromatic carbocycles. The Hall–Kier alpha value is -2.69. The molecule has 4 nitrogen and oxygen atoms in total. The first kappa shape index (κ1) is 16.7. The Morgan fingerprint density at radius 1 is 1.13 bits per heavy atom. The third-order valence-electron chi connectivity index (χ3n) is 3.58. The van der Waals surface area contributed by atoms with Crippen LogP contribution in [0.25, 0.3) is 0 Å². The molecule has 0 spiro atoms. The van der Waals surface area contributed by atoms with Gasteiger partial charge in [0.25, 0.3) is 5.91 Å². The average Bonchev–Trinajstić information content (AvgIpc) is 2.54. The predicted molar refractivity (Wildman–Crippen MR) is 86.4 cm³/mol. The molecule has 0 aromatic heterocycles. The molecule has 0 aliphatic rings. The molecule has 0 heterocycles. The molecule has 5 heteroatoms. The van der Waals surface area contributed by atoms with Gasteiger partial charge in [-0.05, 0) is 36.2 Å². The second kappa shape index (κ2) is 7.54. The quantitative estimate of drug-likeness (QED) is 0.922. The minimum atomic E-state index is -0.486. The van der Waals surface area contributed by atoms with Crippen molar-refractivity contribution < 1.29 is 14.0 Å². The normalized spacial score (nSPS) is 10.2. The second-order valence-electron chi connectivity index (χ2n) is 5.37. The number of nitrogens with one attached hydrogen (secondary N) is 1. The number of benzene rings is 2. The van der Waals surface area contributed by atoms with Crippen LogP contribution in [0.15, 0.2) is 48.5 Å². The monoisotopic (exact) mass is 314 g/mol. The summed E-state index contributed by atoms with van der Waals surface area (Å²) in [5.74, 6) is -1.17. The summed E-state index contributed by atoms with van der Waals surface area (Å²) in [5, 5.41) is 2.51. The summed E-state index contributed by atoms with van der Waals surface area (Å²) in [6.45, 7) is 2.33. The van der Waals surface area contributed by atoms with Crippen molar-refractivity contribution in [1.82, 2.24) is 10.2 Å². The lowest BCUT2D eigenvalue weighted by atomic mass is 10.1. The zero-order valence-electron chi connectivity index (χ0n) is 13.2. The molecule has 120 valence electrons. The third-order valence-corrected chi connectivity index (χ3v) is 3.58. The number of hydrogen-bond donors (Lipinski definition) is 1. The molecule has 0 fully saturated rings. The van der Waals surface area contributed by atoms with Crippen LogP contribution in [0.2, 0.25) is 0 Å². The molecular weight excluding hydrogens is 295 g/mol. The molecule has 2 aromatic rings. The number of likely N-dealkylation sites (N-methyl/N-ethyl adjacent to an activating group) is 1. The van der Waals surface area contributed by atoms with E-state index in [1.54, 1.807) is 11.9 Å². The molecule has 0 saturated carbocycles. The lowest BCUT2D eigenvalue weighted by Crippen LogP contribution is -2.37. The standard InChI is InChI=1S/C18H19FN2O2/c1-13-6-3-4-7-15(13)12-21(2)17(22)11-20-18(23)14-8-5-9-16(19)10-14/h3-10H,11-12H2,1-2H3,(H,20,23). The van der Waals surface area contributed by atoms with Crippen LogP contribution < -0.4 is 5.32 Å². The van der Waals surface area contributed by atoms with Gasteiger partial charge in [0, 0.05) is 19.2 Å². The number of rotatable bonds is 5. The van der Waals surface area contributed by atoms with Crippen molar-refractivity contribution in [3.8, 4) is 0 Å². The van der Waals surface area contributed by atoms with E-state index in [9.17, 15) is 14.0 Å². The smallest absolute Gasteiger partial charge is 0.251 e. The number of nitrogens with zero attached hydrogens (tertiary/aromatic N) is 1. The van der Waals surface area contributed by atoms with Crippen molar-refractivity contribution in [1.29, 1.82) is 0 Å². The lowest BCUT2D eigenvalue weighted by Gasteiger charge is -2.18. The van der Waals surface area contributed by atoms with E-state index < -0.39 is 11.7 Å². The number of carbonyl (C=O) groups excluding carboxylic acids is 2. The van der Waals surface area contributed by atoms with Crippen LogP contribution in [0, 0.1) is 12.7 Å². The number of aryl methyl sites for hydroxylation is 1. The summed E-state index contributed by atoms with van der Waals surface area (Å²) in [7, 11) is 1.68. The molecular formula is C18H19FN2O2. The number of halogens is 1. The minimum absolute atomic E-state index is 0.127. The van der Waals surface area contributed by atoms with Crippen LogP contribution in [0.1, 0.15) is 21.5 Å². The first-order valence-electron chi connectivity index (χ1n) is 7.29. The second-order valence-corrected chi connectivity index (χ2v) is 5.37. The highest BCUT2D eigenvalue weighted by Crippen LogP contribution is 2.09. The Kier molecular flexibility index (Phi) is 5.46. The summed E-state index contributed by atoms with van der Waals surface area (Å²) in [6.07, 6.45) is 0. The number of carbonyl (C=O) groups is 2. The Balaban J connectivity index is 1.89. The van der Waals surface area contributed by atoms with E-state index in [0.29, 0.717) is 6.54 Å². The van der Waals surface area contributed by atoms with Crippen LogP contribution in [-0.2, 0) is 11.3 Å². The largest absolute Gasteiger partial charge is 0.343 e. The van der Waals surface area contributed by atoms with E-state index in [4.69, 9.17) is 0 Å². The number of amides is 2. The van der Waals surface area contributed by atoms with Gasteiger partial charge in [0.05, 0.1) is 6.54 Å². The Labute approximate surface area is 134 Å². The topological polar surface area (TPSA) is 49.4 Å². The van der Waals surface area contributed by atoms with Gasteiger partial charge in [-0.1, -0.05) is 30.3 Å². The van der Waals surface area contributed by atoms with E-state index in [1.165, 1.54) is 18.2 Å². The molecule has 2 amide bonds. The van der Waals surface area contributed by atoms with E-state index in [1.807, 2.05) is 31.2 Å². The summed E-state index contributed by atoms with van der Waals surface area (Å²) in [4.78, 5) is 25.5. The van der Waals surface area contributed by atoms with Crippen LogP contribution in [0.3, 0.4) is 0 Å². The molecule has 0 saturated heterocycles. The van der Waals surface area contributed by atoms with Crippen molar-refractivity contribution in [2.24, 2.45) is 0 Å². The van der Waals surface area contributed by atoms with Crippen molar-refractivity contribution in [2.75, 3.05) is 13.6 Å². The van der Waals surface area contributed by atoms with Gasteiger partial charge < -0.3 is 10.2 Å². The fourth-order valence-corrected chi connectivity index (χ4v) is 2.15. The van der Waals surface area contributed by atoms with Crippen molar-refractivity contribution >= 4 is 11.8 Å². The lowest BCUT2D eigenvalue weighted by molar-refractivity contribution is -0.129. The van der Waals surface area contributed by atoms with Gasteiger partial charge in [-0.3, -0.25) is 9.59 Å². The van der Waals surface area contributed by atoms with Crippen LogP contribution >= 0.6 is 0 Å². The zero-order chi connectivity index (χ0) is 16.8. The highest BCUT2D eigenvalue weighted by molar-refractivity contribution is 5.96. The fraction of sp³-hybridized carbons (Fsp3) is 0.222. The third kappa shape index (κ3) is 4.64. The molecule has 0 atom stereocenters. The van der Waals surface area contributed by atoms with Gasteiger partial charge in [0.2, 0.25) is 5.91 Å². The zero-order valence-corrected chi connectivity index (χ0v) is 13.2. The SMILES string of the molecule is Cc1ccccc1CN(C)C(=O)CNC(=O)c1cccc(F)c1. The summed E-state index contributed by atoms with van der Waals surface area (Å²) >= 11 is 0. The predicted octanol–water partition coefficient (Wildman–Crippen LogP) is 2.52.